The highest BCUT2D eigenvalue weighted by atomic mass is 35.5. The van der Waals surface area contributed by atoms with Gasteiger partial charge in [0.2, 0.25) is 5.91 Å². The smallest absolute Gasteiger partial charge is 0.312 e. The number of hydrogen-bond donors (Lipinski definition) is 0. The quantitative estimate of drug-likeness (QED) is 0.707. The van der Waals surface area contributed by atoms with Crippen LogP contribution >= 0.6 is 11.6 Å². The molecule has 0 radical (unpaired) electrons. The number of ether oxygens (including phenoxy) is 2. The third-order valence-corrected chi connectivity index (χ3v) is 5.20. The van der Waals surface area contributed by atoms with Crippen molar-refractivity contribution in [2.75, 3.05) is 32.8 Å². The Kier molecular flexibility index (Phi) is 6.34. The topological polar surface area (TPSA) is 76.2 Å². The van der Waals surface area contributed by atoms with Gasteiger partial charge in [0, 0.05) is 37.6 Å². The maximum absolute atomic E-state index is 12.4. The van der Waals surface area contributed by atoms with E-state index in [1.165, 1.54) is 0 Å². The van der Waals surface area contributed by atoms with E-state index < -0.39 is 18.0 Å². The van der Waals surface area contributed by atoms with Crippen LogP contribution in [-0.2, 0) is 30.4 Å². The number of benzene rings is 1. The van der Waals surface area contributed by atoms with Gasteiger partial charge in [-0.05, 0) is 18.6 Å². The van der Waals surface area contributed by atoms with E-state index in [4.69, 9.17) is 21.1 Å². The molecule has 0 spiro atoms. The number of nitrogens with zero attached hydrogens (tertiary/aromatic N) is 2. The Bertz CT molecular complexity index is 720. The lowest BCUT2D eigenvalue weighted by atomic mass is 10.1. The summed E-state index contributed by atoms with van der Waals surface area (Å²) < 4.78 is 10.6. The molecule has 146 valence electrons. The van der Waals surface area contributed by atoms with E-state index in [0.29, 0.717) is 37.9 Å². The molecule has 2 aliphatic rings. The van der Waals surface area contributed by atoms with Crippen LogP contribution in [0.5, 0.6) is 0 Å². The number of likely N-dealkylation sites (tertiary alicyclic amines) is 1. The number of hydrogen-bond acceptors (Lipinski definition) is 5. The highest BCUT2D eigenvalue weighted by molar-refractivity contribution is 6.31. The van der Waals surface area contributed by atoms with Gasteiger partial charge in [-0.3, -0.25) is 14.4 Å². The number of rotatable bonds is 5. The number of carbonyl (C=O) groups excluding carboxylic acids is 3. The molecule has 0 N–H and O–H groups in total. The lowest BCUT2D eigenvalue weighted by molar-refractivity contribution is -0.163. The summed E-state index contributed by atoms with van der Waals surface area (Å²) in [6, 6.07) is 7.30. The lowest BCUT2D eigenvalue weighted by Gasteiger charge is -2.29. The fraction of sp³-hybridized carbons (Fsp3) is 0.526. The van der Waals surface area contributed by atoms with Crippen molar-refractivity contribution in [3.05, 3.63) is 34.9 Å². The minimum atomic E-state index is -0.872. The predicted molar refractivity (Wildman–Crippen MR) is 97.9 cm³/mol. The van der Waals surface area contributed by atoms with E-state index in [0.717, 1.165) is 5.56 Å². The molecule has 0 saturated carbocycles. The Labute approximate surface area is 163 Å². The average Bonchev–Trinajstić information content (AvgIpc) is 3.04. The first kappa shape index (κ1) is 19.6. The zero-order valence-electron chi connectivity index (χ0n) is 15.2. The van der Waals surface area contributed by atoms with Crippen molar-refractivity contribution in [3.63, 3.8) is 0 Å². The highest BCUT2D eigenvalue weighted by Gasteiger charge is 2.37. The Morgan fingerprint density at radius 2 is 2.00 bits per heavy atom. The average molecular weight is 395 g/mol. The largest absolute Gasteiger partial charge is 0.452 e. The summed E-state index contributed by atoms with van der Waals surface area (Å²) in [7, 11) is 0. The number of halogens is 1. The van der Waals surface area contributed by atoms with E-state index in [-0.39, 0.29) is 24.8 Å². The van der Waals surface area contributed by atoms with Crippen LogP contribution in [0.1, 0.15) is 18.9 Å². The zero-order valence-corrected chi connectivity index (χ0v) is 16.0. The molecule has 1 aromatic rings. The van der Waals surface area contributed by atoms with Crippen LogP contribution in [-0.4, -0.2) is 66.5 Å². The van der Waals surface area contributed by atoms with E-state index in [9.17, 15) is 14.4 Å². The van der Waals surface area contributed by atoms with Crippen LogP contribution in [0.4, 0.5) is 0 Å². The molecule has 27 heavy (non-hydrogen) atoms. The van der Waals surface area contributed by atoms with Crippen LogP contribution in [0, 0.1) is 5.92 Å². The summed E-state index contributed by atoms with van der Waals surface area (Å²) in [6.07, 6.45) is -0.787. The monoisotopic (exact) mass is 394 g/mol. The Balaban J connectivity index is 1.54. The first-order valence-corrected chi connectivity index (χ1v) is 9.41. The van der Waals surface area contributed by atoms with Gasteiger partial charge < -0.3 is 19.3 Å². The molecule has 8 heteroatoms. The SMILES string of the molecule is C[C@@H](OC(=O)[C@H]1CC(=O)N(Cc2ccccc2Cl)C1)C(=O)N1CCOCC1. The molecule has 7 nitrogen and oxygen atoms in total. The van der Waals surface area contributed by atoms with E-state index in [2.05, 4.69) is 0 Å². The predicted octanol–water partition coefficient (Wildman–Crippen LogP) is 1.48. The minimum absolute atomic E-state index is 0.0851. The molecule has 2 aliphatic heterocycles. The van der Waals surface area contributed by atoms with Crippen molar-refractivity contribution < 1.29 is 23.9 Å². The Morgan fingerprint density at radius 1 is 1.30 bits per heavy atom. The molecule has 2 atom stereocenters. The standard InChI is InChI=1S/C19H23ClN2O5/c1-13(18(24)21-6-8-26-9-7-21)27-19(25)15-10-17(23)22(12-15)11-14-4-2-3-5-16(14)20/h2-5,13,15H,6-12H2,1H3/t13-,15+/m1/s1. The van der Waals surface area contributed by atoms with Crippen LogP contribution in [0.25, 0.3) is 0 Å². The molecule has 2 amide bonds. The third kappa shape index (κ3) is 4.78. The molecule has 0 unspecified atom stereocenters. The van der Waals surface area contributed by atoms with Gasteiger partial charge in [-0.25, -0.2) is 0 Å². The van der Waals surface area contributed by atoms with Gasteiger partial charge in [-0.2, -0.15) is 0 Å². The second-order valence-electron chi connectivity index (χ2n) is 6.78. The van der Waals surface area contributed by atoms with Gasteiger partial charge in [0.15, 0.2) is 6.10 Å². The summed E-state index contributed by atoms with van der Waals surface area (Å²) in [5, 5.41) is 0.584. The molecule has 0 aromatic heterocycles. The Morgan fingerprint density at radius 3 is 2.70 bits per heavy atom. The summed E-state index contributed by atoms with van der Waals surface area (Å²) in [6.45, 7) is 4.14. The fourth-order valence-corrected chi connectivity index (χ4v) is 3.47. The van der Waals surface area contributed by atoms with Crippen LogP contribution in [0.2, 0.25) is 5.02 Å². The third-order valence-electron chi connectivity index (χ3n) is 4.83. The lowest BCUT2D eigenvalue weighted by Crippen LogP contribution is -2.46. The van der Waals surface area contributed by atoms with Gasteiger partial charge in [0.1, 0.15) is 0 Å². The maximum Gasteiger partial charge on any atom is 0.312 e. The first-order valence-electron chi connectivity index (χ1n) is 9.04. The van der Waals surface area contributed by atoms with E-state index in [1.807, 2.05) is 18.2 Å². The fourth-order valence-electron chi connectivity index (χ4n) is 3.28. The van der Waals surface area contributed by atoms with Crippen LogP contribution in [0.15, 0.2) is 24.3 Å². The zero-order chi connectivity index (χ0) is 19.4. The normalized spacial score (nSPS) is 21.3. The van der Waals surface area contributed by atoms with Gasteiger partial charge in [-0.15, -0.1) is 0 Å². The number of morpholine rings is 1. The molecule has 2 heterocycles. The second kappa shape index (κ2) is 8.71. The van der Waals surface area contributed by atoms with Gasteiger partial charge in [0.05, 0.1) is 19.1 Å². The summed E-state index contributed by atoms with van der Waals surface area (Å²) in [5.41, 5.74) is 0.831. The van der Waals surface area contributed by atoms with Crippen LogP contribution < -0.4 is 0 Å². The van der Waals surface area contributed by atoms with Gasteiger partial charge in [-0.1, -0.05) is 29.8 Å². The maximum atomic E-state index is 12.4. The number of esters is 1. The summed E-state index contributed by atoms with van der Waals surface area (Å²) >= 11 is 6.15. The minimum Gasteiger partial charge on any atom is -0.452 e. The molecular weight excluding hydrogens is 372 g/mol. The molecule has 0 aliphatic carbocycles. The number of carbonyl (C=O) groups is 3. The van der Waals surface area contributed by atoms with Gasteiger partial charge in [0.25, 0.3) is 5.91 Å². The van der Waals surface area contributed by atoms with E-state index >= 15 is 0 Å². The number of amides is 2. The molecule has 0 bridgehead atoms. The first-order chi connectivity index (χ1) is 13.0. The summed E-state index contributed by atoms with van der Waals surface area (Å²) in [5.74, 6) is -1.44. The van der Waals surface area contributed by atoms with Crippen molar-refractivity contribution >= 4 is 29.4 Å². The molecular formula is C19H23ClN2O5. The van der Waals surface area contributed by atoms with Crippen molar-refractivity contribution in [1.82, 2.24) is 9.80 Å². The highest BCUT2D eigenvalue weighted by Crippen LogP contribution is 2.24. The van der Waals surface area contributed by atoms with Crippen molar-refractivity contribution in [2.24, 2.45) is 5.92 Å². The van der Waals surface area contributed by atoms with Crippen LogP contribution in [0.3, 0.4) is 0 Å². The summed E-state index contributed by atoms with van der Waals surface area (Å²) in [4.78, 5) is 40.3. The molecule has 2 fully saturated rings. The molecule has 1 aromatic carbocycles. The second-order valence-corrected chi connectivity index (χ2v) is 7.19. The molecule has 2 saturated heterocycles. The van der Waals surface area contributed by atoms with Gasteiger partial charge >= 0.3 is 5.97 Å². The van der Waals surface area contributed by atoms with Crippen molar-refractivity contribution in [3.8, 4) is 0 Å². The molecule has 3 rings (SSSR count). The Hall–Kier alpha value is -2.12. The van der Waals surface area contributed by atoms with Crippen molar-refractivity contribution in [2.45, 2.75) is 26.0 Å². The van der Waals surface area contributed by atoms with E-state index in [1.54, 1.807) is 22.8 Å². The van der Waals surface area contributed by atoms with Crippen molar-refractivity contribution in [1.29, 1.82) is 0 Å².